The van der Waals surface area contributed by atoms with Crippen LogP contribution in [0.4, 0.5) is 10.7 Å². The highest BCUT2D eigenvalue weighted by molar-refractivity contribution is 7.17. The first-order chi connectivity index (χ1) is 12.9. The first-order valence-corrected chi connectivity index (χ1v) is 9.62. The standard InChI is InChI=1S/C19H20N2O5S/c1-3-26-19(23)16-15-11(2)5-4-6-14(15)27-18(16)20-17(22)12-7-9-13(10-8-12)21(24)25/h7-11H,3-6H2,1-2H3,(H,20,22). The fourth-order valence-electron chi connectivity index (χ4n) is 3.31. The van der Waals surface area contributed by atoms with Gasteiger partial charge in [-0.3, -0.25) is 14.9 Å². The highest BCUT2D eigenvalue weighted by Crippen LogP contribution is 2.43. The smallest absolute Gasteiger partial charge is 0.341 e. The molecule has 0 fully saturated rings. The molecule has 0 aliphatic heterocycles. The molecule has 2 aromatic rings. The number of nitro benzene ring substituents is 1. The van der Waals surface area contributed by atoms with Gasteiger partial charge in [0.1, 0.15) is 5.00 Å². The predicted octanol–water partition coefficient (Wildman–Crippen LogP) is 4.53. The van der Waals surface area contributed by atoms with Gasteiger partial charge in [0.05, 0.1) is 17.1 Å². The summed E-state index contributed by atoms with van der Waals surface area (Å²) >= 11 is 1.41. The molecule has 1 heterocycles. The zero-order valence-electron chi connectivity index (χ0n) is 15.1. The van der Waals surface area contributed by atoms with Crippen molar-refractivity contribution in [1.82, 2.24) is 0 Å². The average molecular weight is 388 g/mol. The van der Waals surface area contributed by atoms with Crippen LogP contribution in [0.1, 0.15) is 63.8 Å². The lowest BCUT2D eigenvalue weighted by Crippen LogP contribution is -2.16. The van der Waals surface area contributed by atoms with Gasteiger partial charge < -0.3 is 10.1 Å². The van der Waals surface area contributed by atoms with Crippen LogP contribution < -0.4 is 5.32 Å². The molecule has 0 spiro atoms. The third-order valence-corrected chi connectivity index (χ3v) is 5.78. The molecule has 7 nitrogen and oxygen atoms in total. The maximum atomic E-state index is 12.6. The number of carbonyl (C=O) groups is 2. The zero-order valence-corrected chi connectivity index (χ0v) is 15.9. The fraction of sp³-hybridized carbons (Fsp3) is 0.368. The van der Waals surface area contributed by atoms with Crippen LogP contribution in [0.25, 0.3) is 0 Å². The van der Waals surface area contributed by atoms with Gasteiger partial charge in [0.15, 0.2) is 0 Å². The molecule has 3 rings (SSSR count). The van der Waals surface area contributed by atoms with Gasteiger partial charge in [-0.1, -0.05) is 6.92 Å². The lowest BCUT2D eigenvalue weighted by atomic mass is 9.86. The van der Waals surface area contributed by atoms with E-state index in [1.54, 1.807) is 6.92 Å². The van der Waals surface area contributed by atoms with Crippen molar-refractivity contribution in [3.8, 4) is 0 Å². The Balaban J connectivity index is 1.92. The quantitative estimate of drug-likeness (QED) is 0.461. The summed E-state index contributed by atoms with van der Waals surface area (Å²) in [4.78, 5) is 36.5. The van der Waals surface area contributed by atoms with E-state index in [1.165, 1.54) is 35.6 Å². The third-order valence-electron chi connectivity index (χ3n) is 4.60. The van der Waals surface area contributed by atoms with Gasteiger partial charge in [0, 0.05) is 22.6 Å². The lowest BCUT2D eigenvalue weighted by Gasteiger charge is -2.19. The van der Waals surface area contributed by atoms with Crippen molar-refractivity contribution in [2.75, 3.05) is 11.9 Å². The van der Waals surface area contributed by atoms with Crippen LogP contribution in [-0.2, 0) is 11.2 Å². The van der Waals surface area contributed by atoms with Crippen LogP contribution >= 0.6 is 11.3 Å². The molecule has 1 aliphatic rings. The van der Waals surface area contributed by atoms with Gasteiger partial charge in [-0.15, -0.1) is 11.3 Å². The Morgan fingerprint density at radius 2 is 2.04 bits per heavy atom. The van der Waals surface area contributed by atoms with E-state index in [9.17, 15) is 19.7 Å². The highest BCUT2D eigenvalue weighted by atomic mass is 32.1. The summed E-state index contributed by atoms with van der Waals surface area (Å²) in [6.45, 7) is 4.08. The van der Waals surface area contributed by atoms with Gasteiger partial charge in [-0.05, 0) is 49.8 Å². The normalized spacial score (nSPS) is 15.7. The second kappa shape index (κ2) is 7.87. The van der Waals surface area contributed by atoms with E-state index in [0.717, 1.165) is 29.7 Å². The number of fused-ring (bicyclic) bond motifs is 1. The first kappa shape index (κ1) is 19.0. The molecule has 1 aromatic heterocycles. The molecule has 142 valence electrons. The Labute approximate surface area is 160 Å². The van der Waals surface area contributed by atoms with E-state index in [2.05, 4.69) is 12.2 Å². The van der Waals surface area contributed by atoms with Crippen molar-refractivity contribution in [3.63, 3.8) is 0 Å². The number of rotatable bonds is 5. The van der Waals surface area contributed by atoms with Crippen LogP contribution in [0.5, 0.6) is 0 Å². The van der Waals surface area contributed by atoms with Crippen molar-refractivity contribution in [2.45, 2.75) is 39.0 Å². The number of nitrogens with zero attached hydrogens (tertiary/aromatic N) is 1. The van der Waals surface area contributed by atoms with Crippen LogP contribution in [0.3, 0.4) is 0 Å². The Hall–Kier alpha value is -2.74. The average Bonchev–Trinajstić information content (AvgIpc) is 3.01. The molecular formula is C19H20N2O5S. The van der Waals surface area contributed by atoms with Crippen LogP contribution in [0.2, 0.25) is 0 Å². The SMILES string of the molecule is CCOC(=O)c1c(NC(=O)c2ccc([N+](=O)[O-])cc2)sc2c1C(C)CCC2. The van der Waals surface area contributed by atoms with Gasteiger partial charge in [0.25, 0.3) is 11.6 Å². The predicted molar refractivity (Wildman–Crippen MR) is 103 cm³/mol. The monoisotopic (exact) mass is 388 g/mol. The largest absolute Gasteiger partial charge is 0.462 e. The number of nitrogens with one attached hydrogen (secondary N) is 1. The van der Waals surface area contributed by atoms with Crippen molar-refractivity contribution < 1.29 is 19.2 Å². The highest BCUT2D eigenvalue weighted by Gasteiger charge is 2.30. The Morgan fingerprint density at radius 3 is 2.67 bits per heavy atom. The number of ether oxygens (including phenoxy) is 1. The number of carbonyl (C=O) groups excluding carboxylic acids is 2. The fourth-order valence-corrected chi connectivity index (χ4v) is 4.66. The minimum absolute atomic E-state index is 0.0841. The molecule has 0 radical (unpaired) electrons. The zero-order chi connectivity index (χ0) is 19.6. The third kappa shape index (κ3) is 3.85. The Morgan fingerprint density at radius 1 is 1.33 bits per heavy atom. The summed E-state index contributed by atoms with van der Waals surface area (Å²) in [7, 11) is 0. The number of benzene rings is 1. The molecule has 8 heteroatoms. The number of esters is 1. The lowest BCUT2D eigenvalue weighted by molar-refractivity contribution is -0.384. The number of thiophene rings is 1. The molecule has 1 unspecified atom stereocenters. The number of non-ortho nitro benzene ring substituents is 1. The first-order valence-electron chi connectivity index (χ1n) is 8.80. The minimum Gasteiger partial charge on any atom is -0.462 e. The molecule has 1 amide bonds. The van der Waals surface area contributed by atoms with E-state index in [0.29, 0.717) is 10.6 Å². The van der Waals surface area contributed by atoms with Crippen LogP contribution in [0, 0.1) is 10.1 Å². The molecule has 1 aromatic carbocycles. The summed E-state index contributed by atoms with van der Waals surface area (Å²) in [5, 5.41) is 14.0. The number of amides is 1. The van der Waals surface area contributed by atoms with Crippen molar-refractivity contribution >= 4 is 33.9 Å². The van der Waals surface area contributed by atoms with E-state index in [-0.39, 0.29) is 23.8 Å². The minimum atomic E-state index is -0.519. The van der Waals surface area contributed by atoms with Gasteiger partial charge in [0.2, 0.25) is 0 Å². The number of hydrogen-bond donors (Lipinski definition) is 1. The second-order valence-corrected chi connectivity index (χ2v) is 7.52. The molecule has 1 atom stereocenters. The maximum Gasteiger partial charge on any atom is 0.341 e. The summed E-state index contributed by atoms with van der Waals surface area (Å²) < 4.78 is 5.21. The van der Waals surface area contributed by atoms with E-state index < -0.39 is 16.8 Å². The van der Waals surface area contributed by atoms with Gasteiger partial charge in [-0.2, -0.15) is 0 Å². The van der Waals surface area contributed by atoms with E-state index in [4.69, 9.17) is 4.74 Å². The Bertz CT molecular complexity index is 888. The van der Waals surface area contributed by atoms with Crippen molar-refractivity contribution in [1.29, 1.82) is 0 Å². The van der Waals surface area contributed by atoms with E-state index in [1.807, 2.05) is 0 Å². The molecule has 1 N–H and O–H groups in total. The molecule has 0 saturated carbocycles. The number of hydrogen-bond acceptors (Lipinski definition) is 6. The van der Waals surface area contributed by atoms with E-state index >= 15 is 0 Å². The summed E-state index contributed by atoms with van der Waals surface area (Å²) in [5.74, 6) is -0.612. The molecule has 0 bridgehead atoms. The summed E-state index contributed by atoms with van der Waals surface area (Å²) in [6.07, 6.45) is 2.92. The summed E-state index contributed by atoms with van der Waals surface area (Å²) in [5.41, 5.74) is 1.62. The summed E-state index contributed by atoms with van der Waals surface area (Å²) in [6, 6.07) is 5.35. The van der Waals surface area contributed by atoms with Crippen molar-refractivity contribution in [3.05, 3.63) is 55.9 Å². The maximum absolute atomic E-state index is 12.6. The number of nitro groups is 1. The Kier molecular flexibility index (Phi) is 5.55. The molecule has 0 saturated heterocycles. The molecule has 1 aliphatic carbocycles. The van der Waals surface area contributed by atoms with Crippen LogP contribution in [0.15, 0.2) is 24.3 Å². The molecular weight excluding hydrogens is 368 g/mol. The van der Waals surface area contributed by atoms with Gasteiger partial charge in [-0.25, -0.2) is 4.79 Å². The number of anilines is 1. The molecule has 27 heavy (non-hydrogen) atoms. The van der Waals surface area contributed by atoms with Crippen LogP contribution in [-0.4, -0.2) is 23.4 Å². The topological polar surface area (TPSA) is 98.5 Å². The number of aryl methyl sites for hydroxylation is 1. The van der Waals surface area contributed by atoms with Gasteiger partial charge >= 0.3 is 5.97 Å². The second-order valence-electron chi connectivity index (χ2n) is 6.41. The van der Waals surface area contributed by atoms with Crippen molar-refractivity contribution in [2.24, 2.45) is 0 Å².